The van der Waals surface area contributed by atoms with Gasteiger partial charge in [0.25, 0.3) is 0 Å². The number of rotatable bonds is 4. The first kappa shape index (κ1) is 12.9. The maximum absolute atomic E-state index is 6.22. The Morgan fingerprint density at radius 2 is 2.35 bits per heavy atom. The van der Waals surface area contributed by atoms with Crippen LogP contribution < -0.4 is 5.73 Å². The van der Waals surface area contributed by atoms with Gasteiger partial charge in [0.05, 0.1) is 11.2 Å². The summed E-state index contributed by atoms with van der Waals surface area (Å²) in [7, 11) is 0. The third kappa shape index (κ3) is 2.65. The van der Waals surface area contributed by atoms with Crippen LogP contribution in [0.1, 0.15) is 51.2 Å². The number of hydrogen-bond donors (Lipinski definition) is 1. The van der Waals surface area contributed by atoms with Gasteiger partial charge in [-0.2, -0.15) is 16.7 Å². The van der Waals surface area contributed by atoms with E-state index in [-0.39, 0.29) is 11.5 Å². The van der Waals surface area contributed by atoms with E-state index in [4.69, 9.17) is 10.3 Å². The molecule has 1 aromatic rings. The average Bonchev–Trinajstić information content (AvgIpc) is 2.80. The van der Waals surface area contributed by atoms with Crippen molar-refractivity contribution < 1.29 is 4.52 Å². The summed E-state index contributed by atoms with van der Waals surface area (Å²) in [5.74, 6) is 3.42. The van der Waals surface area contributed by atoms with Crippen molar-refractivity contribution in [3.05, 3.63) is 11.7 Å². The molecule has 0 amide bonds. The molecule has 4 nitrogen and oxygen atoms in total. The minimum Gasteiger partial charge on any atom is -0.339 e. The smallest absolute Gasteiger partial charge is 0.234 e. The normalized spacial score (nSPS) is 29.5. The number of hydrogen-bond acceptors (Lipinski definition) is 5. The van der Waals surface area contributed by atoms with Gasteiger partial charge in [-0.25, -0.2) is 0 Å². The Balaban J connectivity index is 2.12. The second kappa shape index (κ2) is 5.40. The highest BCUT2D eigenvalue weighted by Gasteiger charge is 2.40. The van der Waals surface area contributed by atoms with Gasteiger partial charge in [-0.3, -0.25) is 0 Å². The molecule has 1 heterocycles. The molecule has 1 aliphatic carbocycles. The first-order valence-corrected chi connectivity index (χ1v) is 7.48. The highest BCUT2D eigenvalue weighted by molar-refractivity contribution is 7.98. The summed E-state index contributed by atoms with van der Waals surface area (Å²) < 4.78 is 5.42. The van der Waals surface area contributed by atoms with E-state index < -0.39 is 0 Å². The van der Waals surface area contributed by atoms with E-state index in [1.54, 1.807) is 11.8 Å². The minimum atomic E-state index is -0.125. The molecule has 17 heavy (non-hydrogen) atoms. The molecule has 0 spiro atoms. The van der Waals surface area contributed by atoms with Crippen LogP contribution in [0.5, 0.6) is 0 Å². The third-order valence-electron chi connectivity index (χ3n) is 3.67. The van der Waals surface area contributed by atoms with E-state index in [2.05, 4.69) is 24.0 Å². The van der Waals surface area contributed by atoms with Crippen LogP contribution in [0.2, 0.25) is 0 Å². The predicted molar refractivity (Wildman–Crippen MR) is 69.9 cm³/mol. The lowest BCUT2D eigenvalue weighted by molar-refractivity contribution is 0.203. The molecule has 2 unspecified atom stereocenters. The highest BCUT2D eigenvalue weighted by Crippen LogP contribution is 2.37. The Morgan fingerprint density at radius 1 is 1.53 bits per heavy atom. The molecule has 0 aromatic carbocycles. The van der Waals surface area contributed by atoms with E-state index in [0.29, 0.717) is 0 Å². The van der Waals surface area contributed by atoms with E-state index in [0.717, 1.165) is 36.1 Å². The molecule has 2 rings (SSSR count). The molecule has 1 saturated carbocycles. The van der Waals surface area contributed by atoms with E-state index >= 15 is 0 Å². The molecule has 0 radical (unpaired) electrons. The SMILES string of the molecule is CCSCc1noc(C2(C)CCCCC2N)n1. The van der Waals surface area contributed by atoms with Crippen molar-refractivity contribution in [1.29, 1.82) is 0 Å². The molecule has 1 fully saturated rings. The molecule has 0 saturated heterocycles. The van der Waals surface area contributed by atoms with Crippen LogP contribution in [0.25, 0.3) is 0 Å². The van der Waals surface area contributed by atoms with Crippen LogP contribution in [0.15, 0.2) is 4.52 Å². The van der Waals surface area contributed by atoms with Crippen LogP contribution >= 0.6 is 11.8 Å². The molecular formula is C12H21N3OS. The topological polar surface area (TPSA) is 64.9 Å². The fourth-order valence-electron chi connectivity index (χ4n) is 2.36. The molecule has 0 aliphatic heterocycles. The van der Waals surface area contributed by atoms with Gasteiger partial charge in [0.2, 0.25) is 5.89 Å². The Hall–Kier alpha value is -0.550. The predicted octanol–water partition coefficient (Wildman–Crippen LogP) is 2.48. The number of aromatic nitrogens is 2. The molecule has 0 bridgehead atoms. The molecule has 5 heteroatoms. The summed E-state index contributed by atoms with van der Waals surface area (Å²) in [6.45, 7) is 4.28. The zero-order chi connectivity index (χ0) is 12.3. The monoisotopic (exact) mass is 255 g/mol. The minimum absolute atomic E-state index is 0.125. The van der Waals surface area contributed by atoms with Crippen LogP contribution in [0.3, 0.4) is 0 Å². The summed E-state index contributed by atoms with van der Waals surface area (Å²) >= 11 is 1.80. The summed E-state index contributed by atoms with van der Waals surface area (Å²) in [5, 5.41) is 4.05. The second-order valence-electron chi connectivity index (χ2n) is 4.92. The van der Waals surface area contributed by atoms with Crippen LogP contribution in [0.4, 0.5) is 0 Å². The number of nitrogens with zero attached hydrogens (tertiary/aromatic N) is 2. The van der Waals surface area contributed by atoms with Crippen LogP contribution in [0, 0.1) is 0 Å². The summed E-state index contributed by atoms with van der Waals surface area (Å²) in [6.07, 6.45) is 4.52. The lowest BCUT2D eigenvalue weighted by Gasteiger charge is -2.35. The third-order valence-corrected chi connectivity index (χ3v) is 4.54. The van der Waals surface area contributed by atoms with E-state index in [1.807, 2.05) is 0 Å². The Kier molecular flexibility index (Phi) is 4.09. The average molecular weight is 255 g/mol. The molecule has 2 N–H and O–H groups in total. The Morgan fingerprint density at radius 3 is 3.06 bits per heavy atom. The van der Waals surface area contributed by atoms with Crippen molar-refractivity contribution >= 4 is 11.8 Å². The van der Waals surface area contributed by atoms with Crippen LogP contribution in [-0.2, 0) is 11.2 Å². The Bertz CT molecular complexity index is 368. The van der Waals surface area contributed by atoms with Crippen molar-refractivity contribution in [1.82, 2.24) is 10.1 Å². The van der Waals surface area contributed by atoms with E-state index in [9.17, 15) is 0 Å². The van der Waals surface area contributed by atoms with E-state index in [1.165, 1.54) is 12.8 Å². The quantitative estimate of drug-likeness (QED) is 0.895. The fourth-order valence-corrected chi connectivity index (χ4v) is 2.87. The standard InChI is InChI=1S/C12H21N3OS/c1-3-17-8-10-14-11(16-15-10)12(2)7-5-4-6-9(12)13/h9H,3-8,13H2,1-2H3. The van der Waals surface area contributed by atoms with Gasteiger partial charge in [0, 0.05) is 6.04 Å². The molecular weight excluding hydrogens is 234 g/mol. The van der Waals surface area contributed by atoms with Gasteiger partial charge in [0.15, 0.2) is 5.82 Å². The lowest BCUT2D eigenvalue weighted by Crippen LogP contribution is -2.45. The van der Waals surface area contributed by atoms with Crippen molar-refractivity contribution in [3.63, 3.8) is 0 Å². The second-order valence-corrected chi connectivity index (χ2v) is 6.20. The van der Waals surface area contributed by atoms with Gasteiger partial charge in [-0.1, -0.05) is 24.9 Å². The molecule has 2 atom stereocenters. The highest BCUT2D eigenvalue weighted by atomic mass is 32.2. The van der Waals surface area contributed by atoms with Gasteiger partial charge >= 0.3 is 0 Å². The molecule has 1 aromatic heterocycles. The van der Waals surface area contributed by atoms with Crippen molar-refractivity contribution in [2.75, 3.05) is 5.75 Å². The summed E-state index contributed by atoms with van der Waals surface area (Å²) in [4.78, 5) is 4.52. The van der Waals surface area contributed by atoms with Crippen molar-refractivity contribution in [2.24, 2.45) is 5.73 Å². The van der Waals surface area contributed by atoms with Gasteiger partial charge in [-0.05, 0) is 25.5 Å². The zero-order valence-electron chi connectivity index (χ0n) is 10.6. The lowest BCUT2D eigenvalue weighted by atomic mass is 9.72. The first-order valence-electron chi connectivity index (χ1n) is 6.33. The van der Waals surface area contributed by atoms with Gasteiger partial charge in [0.1, 0.15) is 0 Å². The van der Waals surface area contributed by atoms with Crippen molar-refractivity contribution in [3.8, 4) is 0 Å². The summed E-state index contributed by atoms with van der Waals surface area (Å²) in [6, 6.07) is 0.142. The van der Waals surface area contributed by atoms with Crippen molar-refractivity contribution in [2.45, 2.75) is 56.7 Å². The Labute approximate surface area is 107 Å². The molecule has 96 valence electrons. The first-order chi connectivity index (χ1) is 8.16. The van der Waals surface area contributed by atoms with Gasteiger partial charge in [-0.15, -0.1) is 0 Å². The zero-order valence-corrected chi connectivity index (χ0v) is 11.4. The summed E-state index contributed by atoms with van der Waals surface area (Å²) in [5.41, 5.74) is 6.10. The largest absolute Gasteiger partial charge is 0.339 e. The van der Waals surface area contributed by atoms with Crippen LogP contribution in [-0.4, -0.2) is 21.9 Å². The maximum Gasteiger partial charge on any atom is 0.234 e. The molecule has 1 aliphatic rings. The van der Waals surface area contributed by atoms with Gasteiger partial charge < -0.3 is 10.3 Å². The number of thioether (sulfide) groups is 1. The number of nitrogens with two attached hydrogens (primary N) is 1. The fraction of sp³-hybridized carbons (Fsp3) is 0.833. The maximum atomic E-state index is 6.22.